The van der Waals surface area contributed by atoms with Crippen LogP contribution in [0.5, 0.6) is 0 Å². The molecule has 5 heteroatoms. The highest BCUT2D eigenvalue weighted by Gasteiger charge is 2.09. The van der Waals surface area contributed by atoms with Gasteiger partial charge in [-0.1, -0.05) is 41.4 Å². The molecule has 2 aromatic carbocycles. The molecule has 0 aliphatic heterocycles. The minimum atomic E-state index is 0.146. The van der Waals surface area contributed by atoms with Crippen LogP contribution in [0.2, 0.25) is 10.0 Å². The highest BCUT2D eigenvalue weighted by molar-refractivity contribution is 6.35. The first-order valence-corrected chi connectivity index (χ1v) is 8.14. The van der Waals surface area contributed by atoms with Gasteiger partial charge in [-0.15, -0.1) is 0 Å². The second-order valence-electron chi connectivity index (χ2n) is 5.40. The van der Waals surface area contributed by atoms with E-state index in [1.165, 1.54) is 5.56 Å². The Bertz CT molecular complexity index is 767. The molecule has 0 saturated carbocycles. The molecule has 1 aromatic heterocycles. The van der Waals surface area contributed by atoms with E-state index in [9.17, 15) is 0 Å². The van der Waals surface area contributed by atoms with Gasteiger partial charge in [-0.05, 0) is 42.3 Å². The third kappa shape index (κ3) is 3.94. The minimum Gasteiger partial charge on any atom is -0.306 e. The van der Waals surface area contributed by atoms with Crippen LogP contribution < -0.4 is 5.32 Å². The molecule has 3 aromatic rings. The maximum absolute atomic E-state index is 6.25. The van der Waals surface area contributed by atoms with Crippen molar-refractivity contribution in [3.63, 3.8) is 0 Å². The molecule has 0 aliphatic carbocycles. The van der Waals surface area contributed by atoms with Crippen molar-refractivity contribution in [3.8, 4) is 5.69 Å². The number of aromatic nitrogens is 2. The van der Waals surface area contributed by atoms with E-state index in [-0.39, 0.29) is 6.04 Å². The zero-order valence-corrected chi connectivity index (χ0v) is 14.2. The van der Waals surface area contributed by atoms with Gasteiger partial charge in [-0.3, -0.25) is 0 Å². The molecule has 3 nitrogen and oxygen atoms in total. The standard InChI is InChI=1S/C18H17Cl2N3/c1-13(17-7-4-15(19)10-18(17)20)22-11-14-2-5-16(6-3-14)23-9-8-21-12-23/h2-10,12-13,22H,11H2,1H3/t13-/m1/s1. The number of rotatable bonds is 5. The van der Waals surface area contributed by atoms with E-state index in [2.05, 4.69) is 41.5 Å². The van der Waals surface area contributed by atoms with Crippen molar-refractivity contribution >= 4 is 23.2 Å². The van der Waals surface area contributed by atoms with Gasteiger partial charge in [-0.2, -0.15) is 0 Å². The Morgan fingerprint density at radius 1 is 1.13 bits per heavy atom. The van der Waals surface area contributed by atoms with Gasteiger partial charge < -0.3 is 9.88 Å². The Labute approximate surface area is 145 Å². The summed E-state index contributed by atoms with van der Waals surface area (Å²) in [4.78, 5) is 4.06. The quantitative estimate of drug-likeness (QED) is 0.702. The SMILES string of the molecule is C[C@@H](NCc1ccc(-n2ccnc2)cc1)c1ccc(Cl)cc1Cl. The van der Waals surface area contributed by atoms with E-state index in [1.54, 1.807) is 18.6 Å². The van der Waals surface area contributed by atoms with Gasteiger partial charge in [0.2, 0.25) is 0 Å². The van der Waals surface area contributed by atoms with Gasteiger partial charge in [-0.25, -0.2) is 4.98 Å². The van der Waals surface area contributed by atoms with Crippen LogP contribution in [0.25, 0.3) is 5.69 Å². The molecule has 0 saturated heterocycles. The average molecular weight is 346 g/mol. The Kier molecular flexibility index (Phi) is 5.01. The molecular formula is C18H17Cl2N3. The summed E-state index contributed by atoms with van der Waals surface area (Å²) in [5.74, 6) is 0. The van der Waals surface area contributed by atoms with Gasteiger partial charge in [0.1, 0.15) is 0 Å². The Morgan fingerprint density at radius 3 is 2.57 bits per heavy atom. The summed E-state index contributed by atoms with van der Waals surface area (Å²) in [7, 11) is 0. The summed E-state index contributed by atoms with van der Waals surface area (Å²) in [5.41, 5.74) is 3.36. The van der Waals surface area contributed by atoms with Gasteiger partial charge in [0, 0.05) is 40.7 Å². The summed E-state index contributed by atoms with van der Waals surface area (Å²) in [6.45, 7) is 2.86. The number of halogens is 2. The molecule has 0 aliphatic rings. The minimum absolute atomic E-state index is 0.146. The monoisotopic (exact) mass is 345 g/mol. The molecule has 1 heterocycles. The predicted octanol–water partition coefficient (Wildman–Crippen LogP) is 5.03. The molecule has 23 heavy (non-hydrogen) atoms. The summed E-state index contributed by atoms with van der Waals surface area (Å²) in [6.07, 6.45) is 5.49. The fourth-order valence-electron chi connectivity index (χ4n) is 2.43. The number of benzene rings is 2. The molecule has 0 fully saturated rings. The highest BCUT2D eigenvalue weighted by Crippen LogP contribution is 2.26. The van der Waals surface area contributed by atoms with Crippen LogP contribution in [0.1, 0.15) is 24.1 Å². The fraction of sp³-hybridized carbons (Fsp3) is 0.167. The van der Waals surface area contributed by atoms with Gasteiger partial charge in [0.15, 0.2) is 0 Å². The topological polar surface area (TPSA) is 29.9 Å². The predicted molar refractivity (Wildman–Crippen MR) is 95.3 cm³/mol. The molecule has 0 spiro atoms. The smallest absolute Gasteiger partial charge is 0.0991 e. The third-order valence-corrected chi connectivity index (χ3v) is 4.34. The summed E-state index contributed by atoms with van der Waals surface area (Å²) < 4.78 is 1.98. The van der Waals surface area contributed by atoms with E-state index >= 15 is 0 Å². The third-order valence-electron chi connectivity index (χ3n) is 3.78. The molecule has 3 rings (SSSR count). The molecule has 1 atom stereocenters. The van der Waals surface area contributed by atoms with E-state index in [4.69, 9.17) is 23.2 Å². The van der Waals surface area contributed by atoms with Crippen LogP contribution in [-0.2, 0) is 6.54 Å². The normalized spacial score (nSPS) is 12.3. The van der Waals surface area contributed by atoms with Crippen LogP contribution >= 0.6 is 23.2 Å². The van der Waals surface area contributed by atoms with E-state index < -0.39 is 0 Å². The van der Waals surface area contributed by atoms with Crippen molar-refractivity contribution in [3.05, 3.63) is 82.4 Å². The molecular weight excluding hydrogens is 329 g/mol. The van der Waals surface area contributed by atoms with E-state index in [0.29, 0.717) is 10.0 Å². The van der Waals surface area contributed by atoms with Crippen molar-refractivity contribution in [1.29, 1.82) is 0 Å². The lowest BCUT2D eigenvalue weighted by Gasteiger charge is -2.16. The van der Waals surface area contributed by atoms with Crippen LogP contribution in [0, 0.1) is 0 Å². The van der Waals surface area contributed by atoms with Crippen molar-refractivity contribution in [2.24, 2.45) is 0 Å². The summed E-state index contributed by atoms with van der Waals surface area (Å²) >= 11 is 12.2. The number of nitrogens with one attached hydrogen (secondary N) is 1. The lowest BCUT2D eigenvalue weighted by molar-refractivity contribution is 0.575. The average Bonchev–Trinajstić information content (AvgIpc) is 3.07. The maximum Gasteiger partial charge on any atom is 0.0991 e. The molecule has 0 unspecified atom stereocenters. The van der Waals surface area contributed by atoms with E-state index in [1.807, 2.05) is 22.9 Å². The Balaban J connectivity index is 1.63. The van der Waals surface area contributed by atoms with Gasteiger partial charge in [0.05, 0.1) is 6.33 Å². The molecule has 0 amide bonds. The molecule has 1 N–H and O–H groups in total. The first-order valence-electron chi connectivity index (χ1n) is 7.39. The zero-order chi connectivity index (χ0) is 16.2. The van der Waals surface area contributed by atoms with Gasteiger partial charge >= 0.3 is 0 Å². The van der Waals surface area contributed by atoms with Crippen LogP contribution in [0.4, 0.5) is 0 Å². The summed E-state index contributed by atoms with van der Waals surface area (Å²) in [5, 5.41) is 4.82. The fourth-order valence-corrected chi connectivity index (χ4v) is 3.00. The van der Waals surface area contributed by atoms with Crippen LogP contribution in [0.15, 0.2) is 61.2 Å². The second-order valence-corrected chi connectivity index (χ2v) is 6.25. The second kappa shape index (κ2) is 7.18. The maximum atomic E-state index is 6.25. The van der Waals surface area contributed by atoms with Crippen molar-refractivity contribution in [2.75, 3.05) is 0 Å². The lowest BCUT2D eigenvalue weighted by atomic mass is 10.1. The number of hydrogen-bond acceptors (Lipinski definition) is 2. The Morgan fingerprint density at radius 2 is 1.91 bits per heavy atom. The van der Waals surface area contributed by atoms with Crippen molar-refractivity contribution in [2.45, 2.75) is 19.5 Å². The van der Waals surface area contributed by atoms with Crippen molar-refractivity contribution in [1.82, 2.24) is 14.9 Å². The zero-order valence-electron chi connectivity index (χ0n) is 12.7. The van der Waals surface area contributed by atoms with Crippen LogP contribution in [0.3, 0.4) is 0 Å². The summed E-state index contributed by atoms with van der Waals surface area (Å²) in [6, 6.07) is 14.1. The van der Waals surface area contributed by atoms with E-state index in [0.717, 1.165) is 17.8 Å². The first-order chi connectivity index (χ1) is 11.1. The van der Waals surface area contributed by atoms with Gasteiger partial charge in [0.25, 0.3) is 0 Å². The number of hydrogen-bond donors (Lipinski definition) is 1. The first kappa shape index (κ1) is 16.1. The van der Waals surface area contributed by atoms with Crippen molar-refractivity contribution < 1.29 is 0 Å². The number of imidazole rings is 1. The molecule has 0 radical (unpaired) electrons. The molecule has 118 valence electrons. The Hall–Kier alpha value is -1.81. The molecule has 0 bridgehead atoms. The highest BCUT2D eigenvalue weighted by atomic mass is 35.5. The lowest BCUT2D eigenvalue weighted by Crippen LogP contribution is -2.18. The largest absolute Gasteiger partial charge is 0.306 e. The number of nitrogens with zero attached hydrogens (tertiary/aromatic N) is 2. The van der Waals surface area contributed by atoms with Crippen LogP contribution in [-0.4, -0.2) is 9.55 Å².